The van der Waals surface area contributed by atoms with Crippen LogP contribution in [-0.4, -0.2) is 86.2 Å². The van der Waals surface area contributed by atoms with Gasteiger partial charge < -0.3 is 10.2 Å². The molecular formula is C26H49ClN4. The lowest BCUT2D eigenvalue weighted by atomic mass is 9.68. The molecule has 0 radical (unpaired) electrons. The molecule has 4 atom stereocenters. The van der Waals surface area contributed by atoms with Gasteiger partial charge in [-0.15, -0.1) is 11.6 Å². The third-order valence-electron chi connectivity index (χ3n) is 7.92. The standard InChI is InChI=1S/C26H49ClN4/c1-20(2)25(28-15-21-11-13-31(16-21)19-29(5)6)17-30-14-12-24(26(3,4)18-30)22-7-9-23(27)10-8-22/h7,20-21,23-25,28H,8-19H2,1-6H3/t21-,23?,24+,25-/m0/s1. The van der Waals surface area contributed by atoms with E-state index in [-0.39, 0.29) is 0 Å². The van der Waals surface area contributed by atoms with Crippen molar-refractivity contribution in [2.75, 3.05) is 60.0 Å². The number of rotatable bonds is 9. The Kier molecular flexibility index (Phi) is 9.32. The topological polar surface area (TPSA) is 21.8 Å². The molecule has 0 saturated carbocycles. The van der Waals surface area contributed by atoms with Crippen LogP contribution >= 0.6 is 11.6 Å². The van der Waals surface area contributed by atoms with Gasteiger partial charge in [0.05, 0.1) is 6.67 Å². The van der Waals surface area contributed by atoms with Gasteiger partial charge in [0.25, 0.3) is 0 Å². The van der Waals surface area contributed by atoms with E-state index in [4.69, 9.17) is 11.6 Å². The molecule has 0 aromatic rings. The maximum Gasteiger partial charge on any atom is 0.0500 e. The van der Waals surface area contributed by atoms with Crippen LogP contribution in [-0.2, 0) is 0 Å². The molecule has 3 aliphatic rings. The Bertz CT molecular complexity index is 588. The lowest BCUT2D eigenvalue weighted by Gasteiger charge is -2.47. The molecule has 0 amide bonds. The van der Waals surface area contributed by atoms with Crippen LogP contribution in [0.4, 0.5) is 0 Å². The zero-order chi connectivity index (χ0) is 22.6. The summed E-state index contributed by atoms with van der Waals surface area (Å²) in [6.07, 6.45) is 8.56. The maximum absolute atomic E-state index is 6.34. The zero-order valence-electron chi connectivity index (χ0n) is 21.2. The number of likely N-dealkylation sites (tertiary alicyclic amines) is 2. The lowest BCUT2D eigenvalue weighted by molar-refractivity contribution is 0.0594. The van der Waals surface area contributed by atoms with Crippen LogP contribution in [0.1, 0.15) is 59.8 Å². The first-order chi connectivity index (χ1) is 14.6. The number of halogens is 1. The number of hydrogen-bond donors (Lipinski definition) is 1. The highest BCUT2D eigenvalue weighted by atomic mass is 35.5. The monoisotopic (exact) mass is 452 g/mol. The minimum atomic E-state index is 0.350. The number of piperidine rings is 1. The van der Waals surface area contributed by atoms with Gasteiger partial charge in [-0.25, -0.2) is 0 Å². The second-order valence-electron chi connectivity index (χ2n) is 11.9. The normalized spacial score (nSPS) is 31.4. The van der Waals surface area contributed by atoms with E-state index >= 15 is 0 Å². The van der Waals surface area contributed by atoms with Crippen LogP contribution in [0.5, 0.6) is 0 Å². The summed E-state index contributed by atoms with van der Waals surface area (Å²) in [4.78, 5) is 7.63. The Balaban J connectivity index is 1.48. The Morgan fingerprint density at radius 3 is 2.52 bits per heavy atom. The quantitative estimate of drug-likeness (QED) is 0.410. The molecule has 31 heavy (non-hydrogen) atoms. The lowest BCUT2D eigenvalue weighted by Crippen LogP contribution is -2.52. The molecule has 1 N–H and O–H groups in total. The summed E-state index contributed by atoms with van der Waals surface area (Å²) in [6, 6.07) is 0.584. The number of nitrogens with zero attached hydrogens (tertiary/aromatic N) is 3. The fraction of sp³-hybridized carbons (Fsp3) is 0.923. The van der Waals surface area contributed by atoms with E-state index in [9.17, 15) is 0 Å². The van der Waals surface area contributed by atoms with Gasteiger partial charge in [-0.3, -0.25) is 9.80 Å². The van der Waals surface area contributed by atoms with E-state index in [0.29, 0.717) is 22.8 Å². The molecule has 5 heteroatoms. The van der Waals surface area contributed by atoms with Crippen molar-refractivity contribution in [2.24, 2.45) is 23.2 Å². The molecule has 2 saturated heterocycles. The van der Waals surface area contributed by atoms with Crippen molar-refractivity contribution in [1.29, 1.82) is 0 Å². The van der Waals surface area contributed by atoms with Gasteiger partial charge in [-0.2, -0.15) is 0 Å². The number of alkyl halides is 1. The van der Waals surface area contributed by atoms with Crippen molar-refractivity contribution < 1.29 is 0 Å². The largest absolute Gasteiger partial charge is 0.312 e. The summed E-state index contributed by atoms with van der Waals surface area (Å²) in [5.74, 6) is 2.20. The molecule has 0 aromatic heterocycles. The van der Waals surface area contributed by atoms with Crippen LogP contribution in [0.15, 0.2) is 11.6 Å². The highest BCUT2D eigenvalue weighted by molar-refractivity contribution is 6.20. The first-order valence-corrected chi connectivity index (χ1v) is 13.2. The summed E-state index contributed by atoms with van der Waals surface area (Å²) in [5.41, 5.74) is 2.05. The van der Waals surface area contributed by atoms with Crippen LogP contribution in [0.2, 0.25) is 0 Å². The predicted octanol–water partition coefficient (Wildman–Crippen LogP) is 4.51. The molecule has 2 aliphatic heterocycles. The molecule has 180 valence electrons. The second-order valence-corrected chi connectivity index (χ2v) is 12.5. The Hall–Kier alpha value is -0.130. The van der Waals surface area contributed by atoms with Crippen molar-refractivity contribution in [3.05, 3.63) is 11.6 Å². The zero-order valence-corrected chi connectivity index (χ0v) is 21.9. The Morgan fingerprint density at radius 2 is 1.90 bits per heavy atom. The van der Waals surface area contributed by atoms with E-state index in [1.54, 1.807) is 5.57 Å². The summed E-state index contributed by atoms with van der Waals surface area (Å²) < 4.78 is 0. The van der Waals surface area contributed by atoms with Crippen LogP contribution in [0.3, 0.4) is 0 Å². The average Bonchev–Trinajstić information content (AvgIpc) is 3.12. The molecule has 2 heterocycles. The number of allylic oxidation sites excluding steroid dienone is 2. The third kappa shape index (κ3) is 7.43. The van der Waals surface area contributed by atoms with Gasteiger partial charge in [0.1, 0.15) is 0 Å². The highest BCUT2D eigenvalue weighted by Gasteiger charge is 2.39. The molecule has 3 rings (SSSR count). The highest BCUT2D eigenvalue weighted by Crippen LogP contribution is 2.43. The minimum Gasteiger partial charge on any atom is -0.312 e. The van der Waals surface area contributed by atoms with Crippen molar-refractivity contribution in [3.63, 3.8) is 0 Å². The van der Waals surface area contributed by atoms with Gasteiger partial charge in [0.15, 0.2) is 0 Å². The number of hydrogen-bond acceptors (Lipinski definition) is 4. The number of nitrogens with one attached hydrogen (secondary N) is 1. The van der Waals surface area contributed by atoms with Gasteiger partial charge in [0.2, 0.25) is 0 Å². The van der Waals surface area contributed by atoms with E-state index in [0.717, 1.165) is 31.3 Å². The van der Waals surface area contributed by atoms with Gasteiger partial charge in [-0.1, -0.05) is 39.3 Å². The molecule has 0 spiro atoms. The van der Waals surface area contributed by atoms with E-state index in [1.807, 2.05) is 0 Å². The Morgan fingerprint density at radius 1 is 1.16 bits per heavy atom. The van der Waals surface area contributed by atoms with Crippen molar-refractivity contribution in [1.82, 2.24) is 20.0 Å². The molecule has 4 nitrogen and oxygen atoms in total. The molecule has 2 fully saturated rings. The summed E-state index contributed by atoms with van der Waals surface area (Å²) in [5, 5.41) is 4.34. The molecular weight excluding hydrogens is 404 g/mol. The SMILES string of the molecule is CC(C)[C@H](CN1CC[C@H](C2=CCC(Cl)CC2)C(C)(C)C1)NC[C@@H]1CCN(CN(C)C)C1. The van der Waals surface area contributed by atoms with Gasteiger partial charge >= 0.3 is 0 Å². The summed E-state index contributed by atoms with van der Waals surface area (Å²) in [6.45, 7) is 18.1. The maximum atomic E-state index is 6.34. The average molecular weight is 453 g/mol. The fourth-order valence-corrected chi connectivity index (χ4v) is 6.36. The molecule has 1 aliphatic carbocycles. The first kappa shape index (κ1) is 25.5. The molecule has 0 aromatic carbocycles. The van der Waals surface area contributed by atoms with Crippen molar-refractivity contribution >= 4 is 11.6 Å². The first-order valence-electron chi connectivity index (χ1n) is 12.8. The smallest absolute Gasteiger partial charge is 0.0500 e. The van der Waals surface area contributed by atoms with Crippen LogP contribution in [0, 0.1) is 23.2 Å². The van der Waals surface area contributed by atoms with E-state index < -0.39 is 0 Å². The predicted molar refractivity (Wildman–Crippen MR) is 135 cm³/mol. The third-order valence-corrected chi connectivity index (χ3v) is 8.32. The van der Waals surface area contributed by atoms with Gasteiger partial charge in [0, 0.05) is 31.1 Å². The van der Waals surface area contributed by atoms with Crippen LogP contribution in [0.25, 0.3) is 0 Å². The van der Waals surface area contributed by atoms with E-state index in [1.165, 1.54) is 58.5 Å². The molecule has 0 bridgehead atoms. The van der Waals surface area contributed by atoms with Crippen molar-refractivity contribution in [3.8, 4) is 0 Å². The summed E-state index contributed by atoms with van der Waals surface area (Å²) >= 11 is 6.34. The molecule has 1 unspecified atom stereocenters. The van der Waals surface area contributed by atoms with Crippen LogP contribution < -0.4 is 5.32 Å². The Labute approximate surface area is 197 Å². The second kappa shape index (κ2) is 11.3. The van der Waals surface area contributed by atoms with Crippen molar-refractivity contribution in [2.45, 2.75) is 71.2 Å². The van der Waals surface area contributed by atoms with E-state index in [2.05, 4.69) is 67.9 Å². The minimum absolute atomic E-state index is 0.350. The fourth-order valence-electron chi connectivity index (χ4n) is 6.17. The van der Waals surface area contributed by atoms with Gasteiger partial charge in [-0.05, 0) is 89.0 Å². The summed E-state index contributed by atoms with van der Waals surface area (Å²) in [7, 11) is 4.34.